The number of amides is 2. The molecule has 0 saturated carbocycles. The summed E-state index contributed by atoms with van der Waals surface area (Å²) < 4.78 is 0. The lowest BCUT2D eigenvalue weighted by Gasteiger charge is -2.13. The van der Waals surface area contributed by atoms with E-state index in [-0.39, 0.29) is 24.1 Å². The molecule has 0 radical (unpaired) electrons. The molecular weight excluding hydrogens is 322 g/mol. The summed E-state index contributed by atoms with van der Waals surface area (Å²) in [7, 11) is 2.95. The third-order valence-corrected chi connectivity index (χ3v) is 3.10. The number of rotatable bonds is 3. The average Bonchev–Trinajstić information content (AvgIpc) is 2.94. The van der Waals surface area contributed by atoms with E-state index in [1.165, 1.54) is 26.9 Å². The van der Waals surface area contributed by atoms with Crippen LogP contribution < -0.4 is 5.32 Å². The summed E-state index contributed by atoms with van der Waals surface area (Å²) in [6.45, 7) is 2.49. The van der Waals surface area contributed by atoms with Crippen molar-refractivity contribution in [3.63, 3.8) is 0 Å². The van der Waals surface area contributed by atoms with Crippen LogP contribution in [0.25, 0.3) is 0 Å². The number of phenols is 1. The molecule has 0 aromatic heterocycles. The molecule has 2 rings (SSSR count). The predicted octanol–water partition coefficient (Wildman–Crippen LogP) is 2.07. The molecule has 1 fully saturated rings. The molecule has 0 spiro atoms. The summed E-state index contributed by atoms with van der Waals surface area (Å²) in [6.07, 6.45) is 1.47. The van der Waals surface area contributed by atoms with E-state index < -0.39 is 6.09 Å². The summed E-state index contributed by atoms with van der Waals surface area (Å²) >= 11 is 0. The largest absolute Gasteiger partial charge is 0.508 e. The molecule has 1 heterocycles. The number of carbonyl (C=O) groups is 2. The Morgan fingerprint density at radius 1 is 1.17 bits per heavy atom. The molecule has 23 heavy (non-hydrogen) atoms. The van der Waals surface area contributed by atoms with Crippen LogP contribution in [0.4, 0.5) is 10.5 Å². The van der Waals surface area contributed by atoms with E-state index in [2.05, 4.69) is 10.2 Å². The number of halogens is 1. The number of nitrogens with one attached hydrogen (secondary N) is 1. The van der Waals surface area contributed by atoms with E-state index in [9.17, 15) is 9.59 Å². The van der Waals surface area contributed by atoms with Gasteiger partial charge in [-0.2, -0.15) is 0 Å². The van der Waals surface area contributed by atoms with Gasteiger partial charge < -0.3 is 20.4 Å². The molecule has 1 aliphatic heterocycles. The highest BCUT2D eigenvalue weighted by Crippen LogP contribution is 2.14. The van der Waals surface area contributed by atoms with Crippen LogP contribution in [0.15, 0.2) is 24.3 Å². The van der Waals surface area contributed by atoms with Gasteiger partial charge in [-0.15, -0.1) is 12.4 Å². The van der Waals surface area contributed by atoms with Gasteiger partial charge in [0.2, 0.25) is 5.91 Å². The Morgan fingerprint density at radius 2 is 1.65 bits per heavy atom. The van der Waals surface area contributed by atoms with Gasteiger partial charge in [0, 0.05) is 19.8 Å². The first-order chi connectivity index (χ1) is 10.4. The van der Waals surface area contributed by atoms with E-state index in [1.807, 2.05) is 0 Å². The van der Waals surface area contributed by atoms with Gasteiger partial charge in [0.25, 0.3) is 0 Å². The van der Waals surface area contributed by atoms with Crippen molar-refractivity contribution in [2.24, 2.45) is 0 Å². The van der Waals surface area contributed by atoms with Crippen LogP contribution in [-0.4, -0.2) is 65.7 Å². The first kappa shape index (κ1) is 21.0. The minimum Gasteiger partial charge on any atom is -0.508 e. The monoisotopic (exact) mass is 345 g/mol. The summed E-state index contributed by atoms with van der Waals surface area (Å²) in [6, 6.07) is 6.51. The zero-order chi connectivity index (χ0) is 16.5. The number of aromatic hydroxyl groups is 1. The van der Waals surface area contributed by atoms with Crippen molar-refractivity contribution in [3.8, 4) is 5.75 Å². The second-order valence-electron chi connectivity index (χ2n) is 5.26. The molecule has 7 nitrogen and oxygen atoms in total. The van der Waals surface area contributed by atoms with Gasteiger partial charge in [-0.1, -0.05) is 0 Å². The normalized spacial score (nSPS) is 13.3. The smallest absolute Gasteiger partial charge is 0.406 e. The number of carboxylic acid groups (broad SMARTS) is 1. The maximum absolute atomic E-state index is 11.6. The molecule has 0 unspecified atom stereocenters. The first-order valence-corrected chi connectivity index (χ1v) is 7.10. The lowest BCUT2D eigenvalue weighted by molar-refractivity contribution is -0.117. The predicted molar refractivity (Wildman–Crippen MR) is 91.4 cm³/mol. The van der Waals surface area contributed by atoms with Crippen LogP contribution >= 0.6 is 12.4 Å². The van der Waals surface area contributed by atoms with Gasteiger partial charge in [-0.05, 0) is 50.2 Å². The quantitative estimate of drug-likeness (QED) is 0.729. The fourth-order valence-electron chi connectivity index (χ4n) is 1.89. The Balaban J connectivity index is 0.000000599. The number of benzene rings is 1. The van der Waals surface area contributed by atoms with Crippen molar-refractivity contribution in [1.29, 1.82) is 0 Å². The van der Waals surface area contributed by atoms with Crippen LogP contribution in [-0.2, 0) is 4.79 Å². The standard InChI is InChI=1S/C12H16N2O2.C3H7NO2.ClH/c15-11-5-3-10(4-6-11)13-12(16)9-14-7-1-2-8-14;1-4(2)3(5)6;/h3-6,15H,1-2,7-9H2,(H,13,16);1-2H3,(H,5,6);1H. The van der Waals surface area contributed by atoms with Gasteiger partial charge in [0.1, 0.15) is 5.75 Å². The first-order valence-electron chi connectivity index (χ1n) is 7.10. The molecule has 1 saturated heterocycles. The Labute approximate surface area is 142 Å². The molecule has 0 bridgehead atoms. The SMILES string of the molecule is CN(C)C(=O)O.Cl.O=C(CN1CCCC1)Nc1ccc(O)cc1. The Kier molecular flexibility index (Phi) is 9.76. The van der Waals surface area contributed by atoms with Crippen LogP contribution in [0.2, 0.25) is 0 Å². The highest BCUT2D eigenvalue weighted by atomic mass is 35.5. The highest BCUT2D eigenvalue weighted by molar-refractivity contribution is 5.92. The van der Waals surface area contributed by atoms with E-state index >= 15 is 0 Å². The summed E-state index contributed by atoms with van der Waals surface area (Å²) in [5.41, 5.74) is 0.724. The fourth-order valence-corrected chi connectivity index (χ4v) is 1.89. The molecule has 1 aromatic rings. The zero-order valence-corrected chi connectivity index (χ0v) is 14.2. The van der Waals surface area contributed by atoms with Crippen molar-refractivity contribution < 1.29 is 19.8 Å². The molecule has 1 aliphatic rings. The van der Waals surface area contributed by atoms with Crippen molar-refractivity contribution in [1.82, 2.24) is 9.80 Å². The molecule has 0 aliphatic carbocycles. The zero-order valence-electron chi connectivity index (χ0n) is 13.4. The number of carbonyl (C=O) groups excluding carboxylic acids is 1. The number of anilines is 1. The molecule has 8 heteroatoms. The average molecular weight is 346 g/mol. The lowest BCUT2D eigenvalue weighted by Crippen LogP contribution is -2.30. The minimum atomic E-state index is -0.907. The Hall–Kier alpha value is -1.99. The van der Waals surface area contributed by atoms with Crippen LogP contribution in [0.5, 0.6) is 5.75 Å². The van der Waals surface area contributed by atoms with Crippen molar-refractivity contribution in [2.75, 3.05) is 39.0 Å². The third-order valence-electron chi connectivity index (χ3n) is 3.10. The van der Waals surface area contributed by atoms with Crippen LogP contribution in [0, 0.1) is 0 Å². The number of hydrogen-bond acceptors (Lipinski definition) is 4. The molecule has 0 atom stereocenters. The molecule has 130 valence electrons. The number of hydrogen-bond donors (Lipinski definition) is 3. The third kappa shape index (κ3) is 8.90. The Morgan fingerprint density at radius 3 is 2.09 bits per heavy atom. The van der Waals surface area contributed by atoms with E-state index in [1.54, 1.807) is 24.3 Å². The van der Waals surface area contributed by atoms with Gasteiger partial charge in [-0.3, -0.25) is 9.69 Å². The molecular formula is C15H24ClN3O4. The van der Waals surface area contributed by atoms with E-state index in [0.717, 1.165) is 23.7 Å². The van der Waals surface area contributed by atoms with E-state index in [0.29, 0.717) is 6.54 Å². The second kappa shape index (κ2) is 10.7. The fraction of sp³-hybridized carbons (Fsp3) is 0.467. The van der Waals surface area contributed by atoms with Gasteiger partial charge in [0.05, 0.1) is 6.54 Å². The lowest BCUT2D eigenvalue weighted by atomic mass is 10.3. The van der Waals surface area contributed by atoms with Gasteiger partial charge in [-0.25, -0.2) is 4.79 Å². The number of nitrogens with zero attached hydrogens (tertiary/aromatic N) is 2. The van der Waals surface area contributed by atoms with Gasteiger partial charge >= 0.3 is 6.09 Å². The van der Waals surface area contributed by atoms with Gasteiger partial charge in [0.15, 0.2) is 0 Å². The van der Waals surface area contributed by atoms with Crippen molar-refractivity contribution >= 4 is 30.1 Å². The number of phenolic OH excluding ortho intramolecular Hbond substituents is 1. The van der Waals surface area contributed by atoms with Crippen molar-refractivity contribution in [3.05, 3.63) is 24.3 Å². The molecule has 3 N–H and O–H groups in total. The minimum absolute atomic E-state index is 0. The summed E-state index contributed by atoms with van der Waals surface area (Å²) in [5.74, 6) is 0.213. The highest BCUT2D eigenvalue weighted by Gasteiger charge is 2.14. The maximum atomic E-state index is 11.6. The Bertz CT molecular complexity index is 488. The van der Waals surface area contributed by atoms with Crippen LogP contribution in [0.3, 0.4) is 0 Å². The van der Waals surface area contributed by atoms with Crippen LogP contribution in [0.1, 0.15) is 12.8 Å². The maximum Gasteiger partial charge on any atom is 0.406 e. The summed E-state index contributed by atoms with van der Waals surface area (Å²) in [4.78, 5) is 24.5. The topological polar surface area (TPSA) is 93.1 Å². The van der Waals surface area contributed by atoms with Crippen molar-refractivity contribution in [2.45, 2.75) is 12.8 Å². The molecule has 1 aromatic carbocycles. The molecule has 2 amide bonds. The number of likely N-dealkylation sites (tertiary alicyclic amines) is 1. The second-order valence-corrected chi connectivity index (χ2v) is 5.26. The van der Waals surface area contributed by atoms with E-state index in [4.69, 9.17) is 10.2 Å². The summed E-state index contributed by atoms with van der Waals surface area (Å²) in [5, 5.41) is 19.8.